The lowest BCUT2D eigenvalue weighted by molar-refractivity contribution is -0.116. The van der Waals surface area contributed by atoms with Gasteiger partial charge in [0.25, 0.3) is 0 Å². The maximum Gasteiger partial charge on any atom is 0.224 e. The lowest BCUT2D eigenvalue weighted by atomic mass is 10.2. The molecule has 140 valence electrons. The topological polar surface area (TPSA) is 78.4 Å². The number of carbonyl (C=O) groups is 1. The van der Waals surface area contributed by atoms with Gasteiger partial charge in [0.15, 0.2) is 5.96 Å². The van der Waals surface area contributed by atoms with Gasteiger partial charge in [0.2, 0.25) is 5.91 Å². The zero-order valence-corrected chi connectivity index (χ0v) is 16.7. The van der Waals surface area contributed by atoms with Gasteiger partial charge < -0.3 is 16.0 Å². The Balaban J connectivity index is 1.81. The van der Waals surface area contributed by atoms with Crippen LogP contribution >= 0.6 is 11.3 Å². The lowest BCUT2D eigenvalue weighted by Gasteiger charge is -2.11. The van der Waals surface area contributed by atoms with Crippen molar-refractivity contribution < 1.29 is 4.79 Å². The molecule has 1 heterocycles. The zero-order valence-electron chi connectivity index (χ0n) is 15.8. The number of carbonyl (C=O) groups excluding carboxylic acids is 1. The summed E-state index contributed by atoms with van der Waals surface area (Å²) < 4.78 is 0. The van der Waals surface area contributed by atoms with Gasteiger partial charge in [-0.3, -0.25) is 9.79 Å². The second-order valence-electron chi connectivity index (χ2n) is 6.02. The largest absolute Gasteiger partial charge is 0.352 e. The molecule has 1 amide bonds. The van der Waals surface area contributed by atoms with Crippen LogP contribution in [-0.4, -0.2) is 23.9 Å². The predicted octanol–water partition coefficient (Wildman–Crippen LogP) is 3.36. The average molecular weight is 374 g/mol. The molecule has 26 heavy (non-hydrogen) atoms. The van der Waals surface area contributed by atoms with Gasteiger partial charge in [-0.25, -0.2) is 4.98 Å². The molecule has 3 N–H and O–H groups in total. The third-order valence-corrected chi connectivity index (χ3v) is 4.95. The van der Waals surface area contributed by atoms with E-state index in [4.69, 9.17) is 0 Å². The van der Waals surface area contributed by atoms with E-state index in [-0.39, 0.29) is 5.91 Å². The Morgan fingerprint density at radius 3 is 2.42 bits per heavy atom. The number of nitrogens with one attached hydrogen (secondary N) is 3. The number of thiazole rings is 1. The second-order valence-corrected chi connectivity index (χ2v) is 7.31. The molecule has 6 nitrogen and oxygen atoms in total. The van der Waals surface area contributed by atoms with Crippen molar-refractivity contribution in [2.75, 3.05) is 12.4 Å². The summed E-state index contributed by atoms with van der Waals surface area (Å²) in [4.78, 5) is 21.6. The summed E-state index contributed by atoms with van der Waals surface area (Å²) in [5, 5.41) is 10.5. The molecule has 2 rings (SSSR count). The third-order valence-electron chi connectivity index (χ3n) is 3.88. The minimum Gasteiger partial charge on any atom is -0.352 e. The highest BCUT2D eigenvalue weighted by Crippen LogP contribution is 2.16. The Bertz CT molecular complexity index is 732. The number of aryl methyl sites for hydroxylation is 2. The van der Waals surface area contributed by atoms with Crippen molar-refractivity contribution in [1.29, 1.82) is 0 Å². The molecule has 0 saturated heterocycles. The number of nitrogens with zero attached hydrogens (tertiary/aromatic N) is 2. The van der Waals surface area contributed by atoms with Crippen molar-refractivity contribution in [3.05, 3.63) is 45.4 Å². The highest BCUT2D eigenvalue weighted by atomic mass is 32.1. The van der Waals surface area contributed by atoms with Crippen LogP contribution in [0, 0.1) is 13.8 Å². The number of aliphatic imine (C=N–C) groups is 1. The molecule has 0 atom stereocenters. The molecule has 0 radical (unpaired) electrons. The zero-order chi connectivity index (χ0) is 18.9. The van der Waals surface area contributed by atoms with Gasteiger partial charge in [0, 0.05) is 30.6 Å². The van der Waals surface area contributed by atoms with Gasteiger partial charge in [-0.2, -0.15) is 0 Å². The van der Waals surface area contributed by atoms with E-state index in [2.05, 4.69) is 32.9 Å². The monoisotopic (exact) mass is 373 g/mol. The molecule has 0 bridgehead atoms. The molecule has 1 aromatic heterocycles. The Morgan fingerprint density at radius 2 is 1.85 bits per heavy atom. The van der Waals surface area contributed by atoms with Crippen molar-refractivity contribution in [2.24, 2.45) is 4.99 Å². The predicted molar refractivity (Wildman–Crippen MR) is 109 cm³/mol. The average Bonchev–Trinajstić information content (AvgIpc) is 2.94. The summed E-state index contributed by atoms with van der Waals surface area (Å²) in [7, 11) is 1.75. The summed E-state index contributed by atoms with van der Waals surface area (Å²) in [6.07, 6.45) is 1.39. The molecule has 0 fully saturated rings. The summed E-state index contributed by atoms with van der Waals surface area (Å²) in [6.45, 7) is 7.40. The third kappa shape index (κ3) is 6.15. The number of anilines is 1. The van der Waals surface area contributed by atoms with Crippen LogP contribution in [0.25, 0.3) is 0 Å². The van der Waals surface area contributed by atoms with Crippen LogP contribution in [0.5, 0.6) is 0 Å². The van der Waals surface area contributed by atoms with E-state index in [1.807, 2.05) is 38.1 Å². The number of aromatic nitrogens is 1. The summed E-state index contributed by atoms with van der Waals surface area (Å²) in [6, 6.07) is 7.83. The quantitative estimate of drug-likeness (QED) is 0.514. The lowest BCUT2D eigenvalue weighted by Crippen LogP contribution is -2.36. The first-order valence-corrected chi connectivity index (χ1v) is 9.59. The van der Waals surface area contributed by atoms with Crippen molar-refractivity contribution in [3.63, 3.8) is 0 Å². The van der Waals surface area contributed by atoms with E-state index in [0.29, 0.717) is 19.5 Å². The summed E-state index contributed by atoms with van der Waals surface area (Å²) >= 11 is 1.70. The fraction of sp³-hybridized carbons (Fsp3) is 0.421. The van der Waals surface area contributed by atoms with Crippen LogP contribution in [-0.2, 0) is 17.9 Å². The van der Waals surface area contributed by atoms with Gasteiger partial charge in [-0.05, 0) is 38.0 Å². The Morgan fingerprint density at radius 1 is 1.15 bits per heavy atom. The minimum absolute atomic E-state index is 0.0515. The molecule has 1 aromatic carbocycles. The van der Waals surface area contributed by atoms with Gasteiger partial charge in [-0.1, -0.05) is 19.1 Å². The first kappa shape index (κ1) is 19.9. The molecule has 0 aliphatic carbocycles. The van der Waals surface area contributed by atoms with Gasteiger partial charge in [0.1, 0.15) is 5.01 Å². The van der Waals surface area contributed by atoms with Gasteiger partial charge >= 0.3 is 0 Å². The molecule has 0 aliphatic heterocycles. The molecule has 0 spiro atoms. The van der Waals surface area contributed by atoms with Crippen LogP contribution in [0.1, 0.15) is 40.9 Å². The number of benzene rings is 1. The molecule has 7 heteroatoms. The van der Waals surface area contributed by atoms with E-state index in [9.17, 15) is 4.79 Å². The molecule has 0 unspecified atom stereocenters. The smallest absolute Gasteiger partial charge is 0.224 e. The number of hydrogen-bond acceptors (Lipinski definition) is 4. The normalized spacial score (nSPS) is 11.3. The highest BCUT2D eigenvalue weighted by Gasteiger charge is 2.05. The highest BCUT2D eigenvalue weighted by molar-refractivity contribution is 7.11. The van der Waals surface area contributed by atoms with Crippen LogP contribution in [0.4, 0.5) is 5.69 Å². The van der Waals surface area contributed by atoms with Crippen molar-refractivity contribution in [3.8, 4) is 0 Å². The number of amides is 1. The first-order valence-electron chi connectivity index (χ1n) is 8.78. The molecule has 0 saturated carbocycles. The molecular weight excluding hydrogens is 346 g/mol. The maximum absolute atomic E-state index is 11.6. The van der Waals surface area contributed by atoms with Crippen LogP contribution in [0.15, 0.2) is 29.3 Å². The van der Waals surface area contributed by atoms with Crippen LogP contribution in [0.3, 0.4) is 0 Å². The van der Waals surface area contributed by atoms with E-state index in [0.717, 1.165) is 34.3 Å². The second kappa shape index (κ2) is 9.91. The Labute approximate surface area is 159 Å². The van der Waals surface area contributed by atoms with E-state index >= 15 is 0 Å². The van der Waals surface area contributed by atoms with E-state index in [1.54, 1.807) is 18.4 Å². The van der Waals surface area contributed by atoms with E-state index < -0.39 is 0 Å². The summed E-state index contributed by atoms with van der Waals surface area (Å²) in [5.41, 5.74) is 3.02. The first-order chi connectivity index (χ1) is 12.5. The standard InChI is InChI=1S/C19H27N5OS/c1-5-6-17(25)24-16-9-7-15(8-10-16)11-21-19(20-4)22-12-18-23-13(2)14(3)26-18/h7-10H,5-6,11-12H2,1-4H3,(H,24,25)(H2,20,21,22). The molecule has 0 aliphatic rings. The Hall–Kier alpha value is -2.41. The van der Waals surface area contributed by atoms with Gasteiger partial charge in [-0.15, -0.1) is 11.3 Å². The van der Waals surface area contributed by atoms with E-state index in [1.165, 1.54) is 4.88 Å². The van der Waals surface area contributed by atoms with Crippen LogP contribution in [0.2, 0.25) is 0 Å². The number of guanidine groups is 1. The minimum atomic E-state index is 0.0515. The number of rotatable bonds is 7. The summed E-state index contributed by atoms with van der Waals surface area (Å²) in [5.74, 6) is 0.784. The fourth-order valence-corrected chi connectivity index (χ4v) is 3.21. The molecule has 2 aromatic rings. The molecular formula is C19H27N5OS. The van der Waals surface area contributed by atoms with Crippen molar-refractivity contribution in [1.82, 2.24) is 15.6 Å². The van der Waals surface area contributed by atoms with Crippen molar-refractivity contribution >= 4 is 28.9 Å². The van der Waals surface area contributed by atoms with Gasteiger partial charge in [0.05, 0.1) is 12.2 Å². The van der Waals surface area contributed by atoms with Crippen LogP contribution < -0.4 is 16.0 Å². The van der Waals surface area contributed by atoms with Crippen molar-refractivity contribution in [2.45, 2.75) is 46.7 Å². The number of hydrogen-bond donors (Lipinski definition) is 3. The Kier molecular flexibility index (Phi) is 7.59. The maximum atomic E-state index is 11.6. The SMILES string of the molecule is CCCC(=O)Nc1ccc(CNC(=NC)NCc2nc(C)c(C)s2)cc1. The fourth-order valence-electron chi connectivity index (χ4n) is 2.34.